The first-order valence-corrected chi connectivity index (χ1v) is 15.9. The molecule has 10 rings (SSSR count). The lowest BCUT2D eigenvalue weighted by atomic mass is 9.34. The number of fused-ring (bicyclic) bond motifs is 7. The summed E-state index contributed by atoms with van der Waals surface area (Å²) < 4.78 is 19.9. The summed E-state index contributed by atoms with van der Waals surface area (Å²) in [5, 5.41) is 2.18. The van der Waals surface area contributed by atoms with E-state index in [0.29, 0.717) is 0 Å². The van der Waals surface area contributed by atoms with Gasteiger partial charge in [0.2, 0.25) is 0 Å². The van der Waals surface area contributed by atoms with Gasteiger partial charge in [0, 0.05) is 45.4 Å². The molecule has 0 unspecified atom stereocenters. The van der Waals surface area contributed by atoms with Crippen molar-refractivity contribution >= 4 is 62.1 Å². The van der Waals surface area contributed by atoms with Crippen LogP contribution < -0.4 is 30.8 Å². The molecular weight excluding hydrogens is 577 g/mol. The third-order valence-corrected chi connectivity index (χ3v) is 9.36. The molecule has 220 valence electrons. The van der Waals surface area contributed by atoms with Gasteiger partial charge < -0.3 is 18.8 Å². The van der Waals surface area contributed by atoms with E-state index in [1.807, 2.05) is 30.3 Å². The van der Waals surface area contributed by atoms with Crippen LogP contribution in [-0.4, -0.2) is 6.71 Å². The molecule has 0 saturated heterocycles. The van der Waals surface area contributed by atoms with E-state index in [1.54, 1.807) is 0 Å². The first-order chi connectivity index (χ1) is 23.3. The van der Waals surface area contributed by atoms with Gasteiger partial charge in [0.1, 0.15) is 34.2 Å². The molecule has 0 amide bonds. The summed E-state index contributed by atoms with van der Waals surface area (Å²) in [6.45, 7) is -0.0775. The third-order valence-electron chi connectivity index (χ3n) is 9.36. The maximum atomic E-state index is 6.88. The van der Waals surface area contributed by atoms with Gasteiger partial charge in [0.15, 0.2) is 0 Å². The molecule has 0 aliphatic carbocycles. The Bertz CT molecular complexity index is 2440. The van der Waals surface area contributed by atoms with Crippen molar-refractivity contribution in [1.29, 1.82) is 0 Å². The van der Waals surface area contributed by atoms with Gasteiger partial charge in [-0.25, -0.2) is 0 Å². The lowest BCUT2D eigenvalue weighted by Gasteiger charge is -2.34. The van der Waals surface area contributed by atoms with Gasteiger partial charge in [-0.05, 0) is 70.6 Å². The Kier molecular flexibility index (Phi) is 5.63. The van der Waals surface area contributed by atoms with Crippen molar-refractivity contribution in [2.45, 2.75) is 0 Å². The quantitative estimate of drug-likeness (QED) is 0.188. The molecule has 4 nitrogen and oxygen atoms in total. The van der Waals surface area contributed by atoms with E-state index < -0.39 is 0 Å². The number of anilines is 3. The van der Waals surface area contributed by atoms with E-state index in [9.17, 15) is 0 Å². The second kappa shape index (κ2) is 10.2. The van der Waals surface area contributed by atoms with Crippen LogP contribution in [0.2, 0.25) is 0 Å². The second-order valence-electron chi connectivity index (χ2n) is 12.1. The van der Waals surface area contributed by atoms with Crippen LogP contribution >= 0.6 is 0 Å². The first kappa shape index (κ1) is 26.1. The van der Waals surface area contributed by atoms with Crippen molar-refractivity contribution in [3.8, 4) is 34.1 Å². The lowest BCUT2D eigenvalue weighted by molar-refractivity contribution is 0.465. The Morgan fingerprint density at radius 3 is 1.72 bits per heavy atom. The summed E-state index contributed by atoms with van der Waals surface area (Å²) in [5.41, 5.74) is 10.3. The van der Waals surface area contributed by atoms with Crippen molar-refractivity contribution < 1.29 is 13.9 Å². The molecule has 5 heteroatoms. The average Bonchev–Trinajstić information content (AvgIpc) is 3.49. The smallest absolute Gasteiger partial charge is 0.260 e. The molecule has 0 spiro atoms. The number of nitrogens with zero attached hydrogens (tertiary/aromatic N) is 1. The van der Waals surface area contributed by atoms with Crippen molar-refractivity contribution in [2.24, 2.45) is 0 Å². The summed E-state index contributed by atoms with van der Waals surface area (Å²) in [5.74, 6) is 3.25. The molecule has 0 N–H and O–H groups in total. The Labute approximate surface area is 272 Å². The van der Waals surface area contributed by atoms with Crippen LogP contribution in [0.25, 0.3) is 33.1 Å². The zero-order valence-corrected chi connectivity index (χ0v) is 25.3. The van der Waals surface area contributed by atoms with Gasteiger partial charge in [0.05, 0.1) is 0 Å². The van der Waals surface area contributed by atoms with E-state index in [-0.39, 0.29) is 6.71 Å². The van der Waals surface area contributed by atoms with Crippen molar-refractivity contribution in [1.82, 2.24) is 0 Å². The summed E-state index contributed by atoms with van der Waals surface area (Å²) in [4.78, 5) is 2.27. The summed E-state index contributed by atoms with van der Waals surface area (Å²) in [6.07, 6.45) is 0. The SMILES string of the molecule is c1ccc(-c2cc3c4c(c2)Oc2cc5oc6ccccc6c5cc2B4c2ccc(N(c4ccccc4)c4ccccc4)cc2O3)cc1. The molecule has 2 aliphatic rings. The molecule has 0 saturated carbocycles. The monoisotopic (exact) mass is 603 g/mol. The van der Waals surface area contributed by atoms with Crippen LogP contribution in [-0.2, 0) is 0 Å². The van der Waals surface area contributed by atoms with E-state index in [0.717, 1.165) is 89.5 Å². The number of benzene rings is 7. The number of hydrogen-bond acceptors (Lipinski definition) is 4. The Morgan fingerprint density at radius 2 is 1.02 bits per heavy atom. The minimum Gasteiger partial charge on any atom is -0.458 e. The minimum absolute atomic E-state index is 0.0775. The van der Waals surface area contributed by atoms with Crippen LogP contribution in [0.5, 0.6) is 23.0 Å². The number of hydrogen-bond donors (Lipinski definition) is 0. The normalized spacial score (nSPS) is 12.6. The van der Waals surface area contributed by atoms with E-state index in [4.69, 9.17) is 13.9 Å². The fourth-order valence-electron chi connectivity index (χ4n) is 7.24. The Hall–Kier alpha value is -6.20. The molecule has 1 aromatic heterocycles. The Balaban J connectivity index is 1.20. The number of ether oxygens (including phenoxy) is 2. The van der Waals surface area contributed by atoms with Crippen LogP contribution in [0, 0.1) is 0 Å². The molecule has 2 aliphatic heterocycles. The average molecular weight is 603 g/mol. The summed E-state index contributed by atoms with van der Waals surface area (Å²) >= 11 is 0. The van der Waals surface area contributed by atoms with Crippen LogP contribution in [0.3, 0.4) is 0 Å². The van der Waals surface area contributed by atoms with Gasteiger partial charge in [-0.2, -0.15) is 0 Å². The van der Waals surface area contributed by atoms with Crippen molar-refractivity contribution in [2.75, 3.05) is 4.90 Å². The standard InChI is InChI=1S/C42H26BNO3/c1-4-12-27(13-5-1)28-22-40-42-41(23-28)47-39-26-37-33(32-18-10-11-19-36(32)45-37)25-35(39)43(42)34-21-20-31(24-38(34)46-40)44(29-14-6-2-7-15-29)30-16-8-3-9-17-30/h1-26H. The van der Waals surface area contributed by atoms with E-state index in [2.05, 4.69) is 132 Å². The van der Waals surface area contributed by atoms with E-state index in [1.165, 1.54) is 0 Å². The highest BCUT2D eigenvalue weighted by Gasteiger charge is 2.41. The summed E-state index contributed by atoms with van der Waals surface area (Å²) in [6, 6.07) is 54.7. The zero-order chi connectivity index (χ0) is 30.9. The fraction of sp³-hybridized carbons (Fsp3) is 0. The van der Waals surface area contributed by atoms with Gasteiger partial charge in [-0.3, -0.25) is 0 Å². The number of furan rings is 1. The predicted octanol–water partition coefficient (Wildman–Crippen LogP) is 9.45. The van der Waals surface area contributed by atoms with Crippen LogP contribution in [0.15, 0.2) is 162 Å². The highest BCUT2D eigenvalue weighted by Crippen LogP contribution is 2.42. The molecular formula is C42H26BNO3. The second-order valence-corrected chi connectivity index (χ2v) is 12.1. The van der Waals surface area contributed by atoms with Gasteiger partial charge in [0.25, 0.3) is 6.71 Å². The maximum absolute atomic E-state index is 6.88. The van der Waals surface area contributed by atoms with Crippen molar-refractivity contribution in [3.05, 3.63) is 158 Å². The molecule has 8 aromatic rings. The Morgan fingerprint density at radius 1 is 0.404 bits per heavy atom. The molecule has 0 bridgehead atoms. The topological polar surface area (TPSA) is 34.8 Å². The fourth-order valence-corrected chi connectivity index (χ4v) is 7.24. The highest BCUT2D eigenvalue weighted by molar-refractivity contribution is 6.98. The molecule has 0 fully saturated rings. The highest BCUT2D eigenvalue weighted by atomic mass is 16.5. The maximum Gasteiger partial charge on any atom is 0.260 e. The molecule has 0 atom stereocenters. The van der Waals surface area contributed by atoms with Crippen LogP contribution in [0.4, 0.5) is 17.1 Å². The van der Waals surface area contributed by atoms with Crippen LogP contribution in [0.1, 0.15) is 0 Å². The van der Waals surface area contributed by atoms with Gasteiger partial charge >= 0.3 is 0 Å². The molecule has 47 heavy (non-hydrogen) atoms. The minimum atomic E-state index is -0.0775. The predicted molar refractivity (Wildman–Crippen MR) is 192 cm³/mol. The number of para-hydroxylation sites is 3. The zero-order valence-electron chi connectivity index (χ0n) is 25.3. The first-order valence-electron chi connectivity index (χ1n) is 15.9. The van der Waals surface area contributed by atoms with Crippen molar-refractivity contribution in [3.63, 3.8) is 0 Å². The van der Waals surface area contributed by atoms with Gasteiger partial charge in [-0.1, -0.05) is 97.1 Å². The molecule has 0 radical (unpaired) electrons. The molecule has 7 aromatic carbocycles. The lowest BCUT2D eigenvalue weighted by Crippen LogP contribution is -2.57. The third kappa shape index (κ3) is 4.10. The molecule has 3 heterocycles. The number of rotatable bonds is 4. The van der Waals surface area contributed by atoms with Gasteiger partial charge in [-0.15, -0.1) is 0 Å². The van der Waals surface area contributed by atoms with E-state index >= 15 is 0 Å². The largest absolute Gasteiger partial charge is 0.458 e. The summed E-state index contributed by atoms with van der Waals surface area (Å²) in [7, 11) is 0.